The molecule has 0 saturated carbocycles. The average molecular weight is 827 g/mol. The zero-order valence-electron chi connectivity index (χ0n) is 32.1. The number of anilines is 1. The predicted molar refractivity (Wildman–Crippen MR) is 222 cm³/mol. The molecule has 0 spiro atoms. The molecule has 13 nitrogen and oxygen atoms in total. The van der Waals surface area contributed by atoms with Crippen LogP contribution in [0, 0.1) is 37.9 Å². The third-order valence-corrected chi connectivity index (χ3v) is 12.9. The van der Waals surface area contributed by atoms with Crippen molar-refractivity contribution in [2.24, 2.45) is 4.99 Å². The average Bonchev–Trinajstić information content (AvgIpc) is 3.92. The van der Waals surface area contributed by atoms with Crippen LogP contribution in [0.25, 0.3) is 27.0 Å². The van der Waals surface area contributed by atoms with Crippen LogP contribution in [0.1, 0.15) is 67.2 Å². The number of nitrogens with zero attached hydrogens (tertiary/aromatic N) is 5. The van der Waals surface area contributed by atoms with Gasteiger partial charge in [0.05, 0.1) is 46.3 Å². The minimum atomic E-state index is -4.06. The number of esters is 1. The molecule has 1 amide bonds. The number of aromatic amines is 1. The molecule has 3 N–H and O–H groups in total. The number of benzene rings is 4. The zero-order chi connectivity index (χ0) is 41.6. The number of carbonyl (C=O) groups is 2. The van der Waals surface area contributed by atoms with Gasteiger partial charge in [0.15, 0.2) is 5.82 Å². The number of aromatic nitrogens is 4. The Bertz CT molecular complexity index is 2980. The molecule has 4 aromatic carbocycles. The van der Waals surface area contributed by atoms with Gasteiger partial charge in [0.25, 0.3) is 15.9 Å². The number of hydrogen-bond donors (Lipinski definition) is 3. The van der Waals surface area contributed by atoms with E-state index in [9.17, 15) is 27.7 Å². The van der Waals surface area contributed by atoms with Gasteiger partial charge in [0.2, 0.25) is 0 Å². The molecule has 0 bridgehead atoms. The fraction of sp³-hybridized carbons (Fsp3) is 0.163. The number of amides is 1. The van der Waals surface area contributed by atoms with E-state index < -0.39 is 27.9 Å². The second kappa shape index (κ2) is 15.4. The van der Waals surface area contributed by atoms with Gasteiger partial charge in [-0.2, -0.15) is 5.26 Å². The van der Waals surface area contributed by atoms with Gasteiger partial charge in [-0.25, -0.2) is 12.8 Å². The molecule has 4 heterocycles. The second-order valence-electron chi connectivity index (χ2n) is 13.9. The number of thiophene rings is 1. The van der Waals surface area contributed by atoms with Crippen LogP contribution < -0.4 is 10.0 Å². The van der Waals surface area contributed by atoms with Crippen molar-refractivity contribution in [3.8, 4) is 22.2 Å². The van der Waals surface area contributed by atoms with Crippen molar-refractivity contribution >= 4 is 55.5 Å². The first-order valence-corrected chi connectivity index (χ1v) is 20.6. The smallest absolute Gasteiger partial charge is 0.308 e. The zero-order valence-corrected chi connectivity index (χ0v) is 33.8. The normalized spacial score (nSPS) is 13.5. The number of sulfonamides is 1. The van der Waals surface area contributed by atoms with E-state index in [0.29, 0.717) is 22.8 Å². The maximum atomic E-state index is 14.4. The van der Waals surface area contributed by atoms with Gasteiger partial charge >= 0.3 is 5.97 Å². The lowest BCUT2D eigenvalue weighted by molar-refractivity contribution is -0.141. The summed E-state index contributed by atoms with van der Waals surface area (Å²) in [5.74, 6) is -0.0464. The summed E-state index contributed by atoms with van der Waals surface area (Å²) < 4.78 is 50.2. The van der Waals surface area contributed by atoms with Crippen LogP contribution in [-0.4, -0.2) is 52.9 Å². The van der Waals surface area contributed by atoms with Crippen molar-refractivity contribution in [2.45, 2.75) is 44.7 Å². The summed E-state index contributed by atoms with van der Waals surface area (Å²) in [6.45, 7) is 6.18. The van der Waals surface area contributed by atoms with Crippen LogP contribution in [-0.2, 0) is 26.1 Å². The first kappa shape index (κ1) is 38.9. The number of aryl methyl sites for hydroxylation is 2. The minimum Gasteiger partial charge on any atom is -0.469 e. The number of carbonyl (C=O) groups excluding carboxylic acids is 2. The number of halogens is 1. The molecule has 1 aliphatic rings. The van der Waals surface area contributed by atoms with E-state index in [1.54, 1.807) is 35.6 Å². The first-order valence-electron chi connectivity index (χ1n) is 18.3. The molecule has 0 fully saturated rings. The molecular formula is C43H35FN8O5S2. The Morgan fingerprint density at radius 2 is 1.63 bits per heavy atom. The number of nitriles is 1. The Morgan fingerprint density at radius 1 is 0.949 bits per heavy atom. The third-order valence-electron chi connectivity index (χ3n) is 10.3. The molecule has 8 rings (SSSR count). The van der Waals surface area contributed by atoms with Crippen LogP contribution >= 0.6 is 11.3 Å². The number of ether oxygens (including phenoxy) is 1. The number of fused-ring (bicyclic) bond motifs is 4. The lowest BCUT2D eigenvalue weighted by Crippen LogP contribution is -2.22. The fourth-order valence-corrected chi connectivity index (χ4v) is 9.34. The monoisotopic (exact) mass is 826 g/mol. The number of methoxy groups -OCH3 is 1. The first-order chi connectivity index (χ1) is 28.4. The van der Waals surface area contributed by atoms with Gasteiger partial charge in [0.1, 0.15) is 28.8 Å². The van der Waals surface area contributed by atoms with Gasteiger partial charge in [-0.15, -0.1) is 21.5 Å². The van der Waals surface area contributed by atoms with Crippen LogP contribution in [0.4, 0.5) is 10.1 Å². The third kappa shape index (κ3) is 7.26. The van der Waals surface area contributed by atoms with Gasteiger partial charge in [0, 0.05) is 34.3 Å². The largest absolute Gasteiger partial charge is 0.469 e. The molecule has 1 atom stereocenters. The fourth-order valence-electron chi connectivity index (χ4n) is 7.06. The van der Waals surface area contributed by atoms with E-state index >= 15 is 0 Å². The minimum absolute atomic E-state index is 0.00311. The molecule has 3 aromatic heterocycles. The number of H-pyrrole nitrogens is 1. The van der Waals surface area contributed by atoms with Crippen molar-refractivity contribution in [3.05, 3.63) is 147 Å². The van der Waals surface area contributed by atoms with Gasteiger partial charge in [-0.1, -0.05) is 48.5 Å². The molecular weight excluding hydrogens is 792 g/mol. The predicted octanol–water partition coefficient (Wildman–Crippen LogP) is 7.60. The molecule has 1 aliphatic heterocycles. The summed E-state index contributed by atoms with van der Waals surface area (Å²) in [6.07, 6.45) is 1.34. The molecule has 7 aromatic rings. The lowest BCUT2D eigenvalue weighted by atomic mass is 9.96. The molecule has 59 heavy (non-hydrogen) atoms. The highest BCUT2D eigenvalue weighted by Crippen LogP contribution is 2.40. The van der Waals surface area contributed by atoms with Crippen LogP contribution in [0.5, 0.6) is 0 Å². The maximum Gasteiger partial charge on any atom is 0.308 e. The Labute approximate surface area is 342 Å². The van der Waals surface area contributed by atoms with Crippen molar-refractivity contribution < 1.29 is 27.1 Å². The maximum absolute atomic E-state index is 14.4. The van der Waals surface area contributed by atoms with Gasteiger partial charge in [-0.3, -0.25) is 23.9 Å². The SMILES string of the molecule is COC(=O)C[C@@H]1N=C(c2ccc(-c3ccc(C(=O)NCc4ccc(S(=O)(=O)Nc5ccc(F)c6c(C#N)c[nH]c56)cc4)cc3)cc2)c2c(sc(C)c2C)-n2c(C)nnc21. The number of hydrogen-bond acceptors (Lipinski definition) is 10. The number of aliphatic imine (C=N–C) groups is 1. The Morgan fingerprint density at radius 3 is 2.31 bits per heavy atom. The molecule has 296 valence electrons. The molecule has 0 radical (unpaired) electrons. The van der Waals surface area contributed by atoms with Gasteiger partial charge in [-0.05, 0) is 79.4 Å². The van der Waals surface area contributed by atoms with Crippen LogP contribution in [0.3, 0.4) is 0 Å². The summed E-state index contributed by atoms with van der Waals surface area (Å²) in [5, 5.41) is 21.9. The summed E-state index contributed by atoms with van der Waals surface area (Å²) in [7, 11) is -2.71. The molecule has 0 unspecified atom stereocenters. The van der Waals surface area contributed by atoms with E-state index in [0.717, 1.165) is 49.5 Å². The Kier molecular flexibility index (Phi) is 10.2. The number of rotatable bonds is 10. The van der Waals surface area contributed by atoms with Gasteiger partial charge < -0.3 is 15.0 Å². The summed E-state index contributed by atoms with van der Waals surface area (Å²) in [4.78, 5) is 34.6. The van der Waals surface area contributed by atoms with Crippen LogP contribution in [0.15, 0.2) is 101 Å². The van der Waals surface area contributed by atoms with Crippen molar-refractivity contribution in [1.29, 1.82) is 5.26 Å². The topological polar surface area (TPSA) is 184 Å². The summed E-state index contributed by atoms with van der Waals surface area (Å²) >= 11 is 1.64. The van der Waals surface area contributed by atoms with E-state index in [1.807, 2.05) is 54.0 Å². The number of nitrogens with one attached hydrogen (secondary N) is 3. The standard InChI is InChI=1S/C43H35FN8O5S2/c1-23-24(2)58-43-37(23)39(48-35(19-36(53)57-4)41-50-49-25(3)52(41)43)29-11-7-27(8-12-29)28-9-13-30(14-10-28)42(54)47-21-26-5-15-32(16-6-26)59(55,56)51-34-18-17-33(44)38-31(20-45)22-46-40(34)38/h5-18,22,35,46,51H,19,21H2,1-4H3,(H,47,54)/t35-/m0/s1. The Balaban J connectivity index is 0.945. The highest BCUT2D eigenvalue weighted by molar-refractivity contribution is 7.92. The van der Waals surface area contributed by atoms with Crippen molar-refractivity contribution in [1.82, 2.24) is 25.1 Å². The second-order valence-corrected chi connectivity index (χ2v) is 16.8. The highest BCUT2D eigenvalue weighted by atomic mass is 32.2. The quantitative estimate of drug-likeness (QED) is 0.118. The van der Waals surface area contributed by atoms with E-state index in [-0.39, 0.29) is 45.9 Å². The van der Waals surface area contributed by atoms with E-state index in [2.05, 4.69) is 39.1 Å². The highest BCUT2D eigenvalue weighted by Gasteiger charge is 2.32. The van der Waals surface area contributed by atoms with E-state index in [1.165, 1.54) is 31.5 Å². The lowest BCUT2D eigenvalue weighted by Gasteiger charge is -2.12. The van der Waals surface area contributed by atoms with Crippen molar-refractivity contribution in [2.75, 3.05) is 11.8 Å². The van der Waals surface area contributed by atoms with E-state index in [4.69, 9.17) is 9.73 Å². The summed E-state index contributed by atoms with van der Waals surface area (Å²) in [5.41, 5.74) is 6.98. The summed E-state index contributed by atoms with van der Waals surface area (Å²) in [6, 6.07) is 24.9. The molecule has 0 saturated heterocycles. The van der Waals surface area contributed by atoms with Crippen LogP contribution in [0.2, 0.25) is 0 Å². The Hall–Kier alpha value is -6.96. The molecule has 0 aliphatic carbocycles. The molecule has 16 heteroatoms. The van der Waals surface area contributed by atoms with Crippen molar-refractivity contribution in [3.63, 3.8) is 0 Å².